The quantitative estimate of drug-likeness (QED) is 0.834. The highest BCUT2D eigenvalue weighted by atomic mass is 16.4. The maximum atomic E-state index is 11.2. The number of rotatable bonds is 4. The van der Waals surface area contributed by atoms with Crippen molar-refractivity contribution >= 4 is 12.2 Å². The number of carbonyl (C=O) groups is 1. The molecule has 0 saturated heterocycles. The van der Waals surface area contributed by atoms with E-state index in [1.165, 1.54) is 0 Å². The molecule has 1 unspecified atom stereocenters. The van der Waals surface area contributed by atoms with Crippen LogP contribution in [0.25, 0.3) is 0 Å². The minimum absolute atomic E-state index is 0.678. The molecule has 1 N–H and O–H groups in total. The average molecular weight is 239 g/mol. The lowest BCUT2D eigenvalue weighted by Crippen LogP contribution is -2.09. The fraction of sp³-hybridized carbons (Fsp3) is 0.0667. The first-order valence-corrected chi connectivity index (χ1v) is 5.63. The highest BCUT2D eigenvalue weighted by molar-refractivity contribution is 5.84. The molecule has 1 atom stereocenters. The van der Waals surface area contributed by atoms with Gasteiger partial charge in [-0.25, -0.2) is 4.79 Å². The maximum absolute atomic E-state index is 11.2. The zero-order valence-corrected chi connectivity index (χ0v) is 9.73. The third kappa shape index (κ3) is 3.04. The first-order chi connectivity index (χ1) is 8.77. The molecule has 0 aliphatic rings. The molecule has 0 amide bonds. The van der Waals surface area contributed by atoms with Gasteiger partial charge in [0.1, 0.15) is 0 Å². The number of aliphatic imine (C=N–C) groups is 1. The molecule has 0 spiro atoms. The van der Waals surface area contributed by atoms with Gasteiger partial charge in [0.05, 0.1) is 0 Å². The average Bonchev–Trinajstić information content (AvgIpc) is 2.41. The Morgan fingerprint density at radius 3 is 2.11 bits per heavy atom. The van der Waals surface area contributed by atoms with E-state index in [4.69, 9.17) is 0 Å². The molecule has 90 valence electrons. The van der Waals surface area contributed by atoms with Gasteiger partial charge in [0.15, 0.2) is 6.04 Å². The smallest absolute Gasteiger partial charge is 0.333 e. The molecule has 0 aromatic heterocycles. The van der Waals surface area contributed by atoms with Gasteiger partial charge in [-0.05, 0) is 11.1 Å². The van der Waals surface area contributed by atoms with Crippen LogP contribution in [0.3, 0.4) is 0 Å². The van der Waals surface area contributed by atoms with E-state index >= 15 is 0 Å². The van der Waals surface area contributed by atoms with E-state index in [0.717, 1.165) is 5.56 Å². The summed E-state index contributed by atoms with van der Waals surface area (Å²) in [4.78, 5) is 15.3. The van der Waals surface area contributed by atoms with E-state index in [0.29, 0.717) is 5.56 Å². The molecular formula is C15H13NO2. The predicted octanol–water partition coefficient (Wildman–Crippen LogP) is 2.93. The van der Waals surface area contributed by atoms with Crippen molar-refractivity contribution in [2.45, 2.75) is 6.04 Å². The lowest BCUT2D eigenvalue weighted by molar-refractivity contribution is -0.138. The summed E-state index contributed by atoms with van der Waals surface area (Å²) in [5.41, 5.74) is 1.57. The Morgan fingerprint density at radius 2 is 1.56 bits per heavy atom. The lowest BCUT2D eigenvalue weighted by Gasteiger charge is -2.07. The zero-order chi connectivity index (χ0) is 12.8. The Balaban J connectivity index is 2.23. The topological polar surface area (TPSA) is 49.7 Å². The molecule has 0 saturated carbocycles. The normalized spacial score (nSPS) is 12.4. The molecule has 2 rings (SSSR count). The monoisotopic (exact) mass is 239 g/mol. The molecule has 0 aliphatic carbocycles. The van der Waals surface area contributed by atoms with Crippen molar-refractivity contribution in [1.29, 1.82) is 0 Å². The largest absolute Gasteiger partial charge is 0.479 e. The molecular weight excluding hydrogens is 226 g/mol. The van der Waals surface area contributed by atoms with Crippen molar-refractivity contribution in [3.8, 4) is 0 Å². The molecule has 0 aliphatic heterocycles. The van der Waals surface area contributed by atoms with Crippen molar-refractivity contribution in [2.75, 3.05) is 0 Å². The number of carboxylic acids is 1. The fourth-order valence-electron chi connectivity index (χ4n) is 1.63. The minimum atomic E-state index is -0.951. The van der Waals surface area contributed by atoms with Gasteiger partial charge in [-0.1, -0.05) is 60.7 Å². The van der Waals surface area contributed by atoms with Crippen LogP contribution in [0.4, 0.5) is 0 Å². The summed E-state index contributed by atoms with van der Waals surface area (Å²) in [5, 5.41) is 9.19. The Kier molecular flexibility index (Phi) is 3.86. The SMILES string of the molecule is O=C(O)C(N=Cc1ccccc1)c1ccccc1. The van der Waals surface area contributed by atoms with E-state index in [2.05, 4.69) is 4.99 Å². The number of hydrogen-bond donors (Lipinski definition) is 1. The first-order valence-electron chi connectivity index (χ1n) is 5.63. The van der Waals surface area contributed by atoms with Crippen LogP contribution in [0.15, 0.2) is 65.7 Å². The van der Waals surface area contributed by atoms with Gasteiger partial charge in [-0.3, -0.25) is 4.99 Å². The first kappa shape index (κ1) is 12.0. The van der Waals surface area contributed by atoms with Crippen molar-refractivity contribution in [3.63, 3.8) is 0 Å². The highest BCUT2D eigenvalue weighted by Gasteiger charge is 2.16. The molecule has 0 heterocycles. The Morgan fingerprint density at radius 1 is 1.00 bits per heavy atom. The van der Waals surface area contributed by atoms with Crippen LogP contribution in [0, 0.1) is 0 Å². The van der Waals surface area contributed by atoms with Gasteiger partial charge in [0.2, 0.25) is 0 Å². The minimum Gasteiger partial charge on any atom is -0.479 e. The van der Waals surface area contributed by atoms with Crippen molar-refractivity contribution in [2.24, 2.45) is 4.99 Å². The molecule has 2 aromatic rings. The second kappa shape index (κ2) is 5.77. The third-order valence-electron chi connectivity index (χ3n) is 2.52. The van der Waals surface area contributed by atoms with Gasteiger partial charge in [-0.2, -0.15) is 0 Å². The van der Waals surface area contributed by atoms with Crippen LogP contribution in [-0.2, 0) is 4.79 Å². The van der Waals surface area contributed by atoms with Crippen LogP contribution < -0.4 is 0 Å². The van der Waals surface area contributed by atoms with E-state index < -0.39 is 12.0 Å². The summed E-state index contributed by atoms with van der Waals surface area (Å²) in [6.45, 7) is 0. The number of carboxylic acid groups (broad SMARTS) is 1. The van der Waals surface area contributed by atoms with Gasteiger partial charge < -0.3 is 5.11 Å². The summed E-state index contributed by atoms with van der Waals surface area (Å²) in [7, 11) is 0. The standard InChI is InChI=1S/C15H13NO2/c17-15(18)14(13-9-5-2-6-10-13)16-11-12-7-3-1-4-8-12/h1-11,14H,(H,17,18). The zero-order valence-electron chi connectivity index (χ0n) is 9.73. The van der Waals surface area contributed by atoms with Gasteiger partial charge in [-0.15, -0.1) is 0 Å². The van der Waals surface area contributed by atoms with E-state index in [9.17, 15) is 9.90 Å². The highest BCUT2D eigenvalue weighted by Crippen LogP contribution is 2.17. The second-order valence-electron chi connectivity index (χ2n) is 3.84. The predicted molar refractivity (Wildman–Crippen MR) is 70.9 cm³/mol. The Labute approximate surface area is 105 Å². The van der Waals surface area contributed by atoms with Crippen LogP contribution in [0.2, 0.25) is 0 Å². The molecule has 18 heavy (non-hydrogen) atoms. The Hall–Kier alpha value is -2.42. The van der Waals surface area contributed by atoms with Crippen LogP contribution in [-0.4, -0.2) is 17.3 Å². The molecule has 0 bridgehead atoms. The van der Waals surface area contributed by atoms with Gasteiger partial charge >= 0.3 is 5.97 Å². The van der Waals surface area contributed by atoms with Gasteiger partial charge in [0.25, 0.3) is 0 Å². The summed E-state index contributed by atoms with van der Waals surface area (Å²) in [6.07, 6.45) is 1.59. The van der Waals surface area contributed by atoms with Crippen LogP contribution in [0.1, 0.15) is 17.2 Å². The van der Waals surface area contributed by atoms with Gasteiger partial charge in [0, 0.05) is 6.21 Å². The summed E-state index contributed by atoms with van der Waals surface area (Å²) in [6, 6.07) is 17.6. The summed E-state index contributed by atoms with van der Waals surface area (Å²) in [5.74, 6) is -0.951. The molecule has 3 heteroatoms. The molecule has 0 fully saturated rings. The molecule has 3 nitrogen and oxygen atoms in total. The Bertz CT molecular complexity index is 535. The van der Waals surface area contributed by atoms with Crippen molar-refractivity contribution in [3.05, 3.63) is 71.8 Å². The van der Waals surface area contributed by atoms with E-state index in [1.807, 2.05) is 48.5 Å². The lowest BCUT2D eigenvalue weighted by atomic mass is 10.1. The summed E-state index contributed by atoms with van der Waals surface area (Å²) < 4.78 is 0. The number of aliphatic carboxylic acids is 1. The fourth-order valence-corrected chi connectivity index (χ4v) is 1.63. The second-order valence-corrected chi connectivity index (χ2v) is 3.84. The van der Waals surface area contributed by atoms with Crippen LogP contribution >= 0.6 is 0 Å². The van der Waals surface area contributed by atoms with E-state index in [-0.39, 0.29) is 0 Å². The van der Waals surface area contributed by atoms with Crippen molar-refractivity contribution in [1.82, 2.24) is 0 Å². The number of benzene rings is 2. The maximum Gasteiger partial charge on any atom is 0.333 e. The van der Waals surface area contributed by atoms with Crippen LogP contribution in [0.5, 0.6) is 0 Å². The number of nitrogens with zero attached hydrogens (tertiary/aromatic N) is 1. The molecule has 0 radical (unpaired) electrons. The van der Waals surface area contributed by atoms with Crippen molar-refractivity contribution < 1.29 is 9.90 Å². The number of hydrogen-bond acceptors (Lipinski definition) is 2. The molecule has 2 aromatic carbocycles. The third-order valence-corrected chi connectivity index (χ3v) is 2.52. The van der Waals surface area contributed by atoms with E-state index in [1.54, 1.807) is 18.3 Å². The summed E-state index contributed by atoms with van der Waals surface area (Å²) >= 11 is 0.